The summed E-state index contributed by atoms with van der Waals surface area (Å²) in [6.45, 7) is 6.79. The lowest BCUT2D eigenvalue weighted by Crippen LogP contribution is -2.32. The first-order chi connectivity index (χ1) is 15.6. The van der Waals surface area contributed by atoms with Crippen molar-refractivity contribution in [2.75, 3.05) is 19.8 Å². The second-order valence-electron chi connectivity index (χ2n) is 8.24. The molecule has 1 saturated heterocycles. The summed E-state index contributed by atoms with van der Waals surface area (Å²) in [6, 6.07) is 13.7. The molecule has 1 aliphatic heterocycles. The Kier molecular flexibility index (Phi) is 7.17. The molecule has 7 nitrogen and oxygen atoms in total. The molecule has 1 aromatic carbocycles. The van der Waals surface area contributed by atoms with E-state index >= 15 is 0 Å². The third-order valence-electron chi connectivity index (χ3n) is 5.72. The Labute approximate surface area is 188 Å². The highest BCUT2D eigenvalue weighted by Gasteiger charge is 2.21. The lowest BCUT2D eigenvalue weighted by molar-refractivity contribution is -0.131. The van der Waals surface area contributed by atoms with E-state index in [1.54, 1.807) is 6.20 Å². The van der Waals surface area contributed by atoms with Gasteiger partial charge in [-0.05, 0) is 50.1 Å². The zero-order valence-corrected chi connectivity index (χ0v) is 18.6. The van der Waals surface area contributed by atoms with Gasteiger partial charge in [-0.25, -0.2) is 0 Å². The molecular weight excluding hydrogens is 406 g/mol. The van der Waals surface area contributed by atoms with Crippen LogP contribution in [0.1, 0.15) is 34.7 Å². The summed E-state index contributed by atoms with van der Waals surface area (Å²) in [7, 11) is 0. The summed E-state index contributed by atoms with van der Waals surface area (Å²) in [6.07, 6.45) is 3.02. The molecule has 0 saturated carbocycles. The number of aryl methyl sites for hydroxylation is 2. The van der Waals surface area contributed by atoms with Gasteiger partial charge in [-0.15, -0.1) is 0 Å². The summed E-state index contributed by atoms with van der Waals surface area (Å²) in [4.78, 5) is 19.5. The zero-order chi connectivity index (χ0) is 22.3. The lowest BCUT2D eigenvalue weighted by atomic mass is 10.1. The molecule has 0 bridgehead atoms. The highest BCUT2D eigenvalue weighted by molar-refractivity contribution is 5.79. The molecule has 2 aromatic heterocycles. The first-order valence-corrected chi connectivity index (χ1v) is 11.0. The smallest absolute Gasteiger partial charge is 0.227 e. The minimum atomic E-state index is -0.000483. The van der Waals surface area contributed by atoms with E-state index in [9.17, 15) is 4.79 Å². The van der Waals surface area contributed by atoms with Crippen LogP contribution in [0.4, 0.5) is 0 Å². The molecule has 168 valence electrons. The van der Waals surface area contributed by atoms with Crippen LogP contribution < -0.4 is 4.74 Å². The van der Waals surface area contributed by atoms with Crippen molar-refractivity contribution in [2.24, 2.45) is 5.92 Å². The van der Waals surface area contributed by atoms with Crippen molar-refractivity contribution in [1.29, 1.82) is 0 Å². The van der Waals surface area contributed by atoms with Crippen molar-refractivity contribution < 1.29 is 18.8 Å². The summed E-state index contributed by atoms with van der Waals surface area (Å²) in [5.41, 5.74) is 3.44. The molecule has 1 amide bonds. The van der Waals surface area contributed by atoms with Gasteiger partial charge in [-0.3, -0.25) is 9.78 Å². The fourth-order valence-electron chi connectivity index (χ4n) is 3.82. The number of aromatic nitrogens is 2. The van der Waals surface area contributed by atoms with E-state index in [0.717, 1.165) is 47.9 Å². The van der Waals surface area contributed by atoms with Gasteiger partial charge in [0.15, 0.2) is 0 Å². The number of benzene rings is 1. The monoisotopic (exact) mass is 435 g/mol. The van der Waals surface area contributed by atoms with Crippen molar-refractivity contribution in [2.45, 2.75) is 39.8 Å². The van der Waals surface area contributed by atoms with Crippen LogP contribution in [-0.4, -0.2) is 40.8 Å². The number of carbonyl (C=O) groups excluding carboxylic acids is 1. The molecule has 1 atom stereocenters. The van der Waals surface area contributed by atoms with Crippen LogP contribution >= 0.6 is 0 Å². The maximum absolute atomic E-state index is 13.3. The molecule has 4 rings (SSSR count). The van der Waals surface area contributed by atoms with E-state index in [2.05, 4.69) is 10.1 Å². The number of amides is 1. The van der Waals surface area contributed by atoms with Gasteiger partial charge in [0.1, 0.15) is 11.5 Å². The maximum atomic E-state index is 13.3. The Bertz CT molecular complexity index is 1010. The van der Waals surface area contributed by atoms with Crippen LogP contribution in [0.5, 0.6) is 5.75 Å². The number of nitrogens with zero attached hydrogens (tertiary/aromatic N) is 3. The predicted octanol–water partition coefficient (Wildman–Crippen LogP) is 3.87. The van der Waals surface area contributed by atoms with Gasteiger partial charge in [0.2, 0.25) is 5.91 Å². The fourth-order valence-corrected chi connectivity index (χ4v) is 3.82. The normalized spacial score (nSPS) is 15.6. The molecule has 7 heteroatoms. The average Bonchev–Trinajstić information content (AvgIpc) is 3.44. The van der Waals surface area contributed by atoms with Gasteiger partial charge in [-0.1, -0.05) is 23.4 Å². The standard InChI is InChI=1S/C25H29N3O4/c1-18-24(19(2)32-27-18)13-25(29)28(15-22-7-3-4-10-26-22)14-20-6-5-8-23(12-20)31-17-21-9-11-30-16-21/h3-8,10,12,21H,9,11,13-17H2,1-2H3/t21-/m1/s1. The first kappa shape index (κ1) is 22.0. The highest BCUT2D eigenvalue weighted by Crippen LogP contribution is 2.21. The van der Waals surface area contributed by atoms with Crippen molar-refractivity contribution >= 4 is 5.91 Å². The number of carbonyl (C=O) groups is 1. The van der Waals surface area contributed by atoms with Crippen molar-refractivity contribution in [3.8, 4) is 5.75 Å². The molecule has 0 aliphatic carbocycles. The summed E-state index contributed by atoms with van der Waals surface area (Å²) >= 11 is 0. The number of hydrogen-bond acceptors (Lipinski definition) is 6. The van der Waals surface area contributed by atoms with Crippen molar-refractivity contribution in [3.63, 3.8) is 0 Å². The van der Waals surface area contributed by atoms with E-state index in [4.69, 9.17) is 14.0 Å². The predicted molar refractivity (Wildman–Crippen MR) is 119 cm³/mol. The van der Waals surface area contributed by atoms with E-state index < -0.39 is 0 Å². The molecular formula is C25H29N3O4. The van der Waals surface area contributed by atoms with Crippen molar-refractivity contribution in [1.82, 2.24) is 15.0 Å². The number of hydrogen-bond donors (Lipinski definition) is 0. The van der Waals surface area contributed by atoms with E-state index in [0.29, 0.717) is 31.4 Å². The summed E-state index contributed by atoms with van der Waals surface area (Å²) in [5.74, 6) is 1.93. The van der Waals surface area contributed by atoms with Crippen LogP contribution in [0.15, 0.2) is 53.2 Å². The summed E-state index contributed by atoms with van der Waals surface area (Å²) < 4.78 is 16.7. The van der Waals surface area contributed by atoms with E-state index in [-0.39, 0.29) is 12.3 Å². The maximum Gasteiger partial charge on any atom is 0.227 e. The Balaban J connectivity index is 1.48. The highest BCUT2D eigenvalue weighted by atomic mass is 16.5. The third-order valence-corrected chi connectivity index (χ3v) is 5.72. The van der Waals surface area contributed by atoms with Gasteiger partial charge in [0.05, 0.1) is 37.6 Å². The van der Waals surface area contributed by atoms with Gasteiger partial charge in [-0.2, -0.15) is 0 Å². The van der Waals surface area contributed by atoms with Gasteiger partial charge in [0.25, 0.3) is 0 Å². The number of ether oxygens (including phenoxy) is 2. The lowest BCUT2D eigenvalue weighted by Gasteiger charge is -2.23. The van der Waals surface area contributed by atoms with E-state index in [1.807, 2.05) is 61.2 Å². The minimum Gasteiger partial charge on any atom is -0.493 e. The topological polar surface area (TPSA) is 77.7 Å². The molecule has 0 spiro atoms. The third kappa shape index (κ3) is 5.73. The van der Waals surface area contributed by atoms with Crippen LogP contribution in [0, 0.1) is 19.8 Å². The fraction of sp³-hybridized carbons (Fsp3) is 0.400. The largest absolute Gasteiger partial charge is 0.493 e. The second-order valence-corrected chi connectivity index (χ2v) is 8.24. The Morgan fingerprint density at radius 3 is 2.81 bits per heavy atom. The first-order valence-electron chi connectivity index (χ1n) is 11.0. The van der Waals surface area contributed by atoms with Crippen LogP contribution in [0.25, 0.3) is 0 Å². The Morgan fingerprint density at radius 2 is 2.09 bits per heavy atom. The summed E-state index contributed by atoms with van der Waals surface area (Å²) in [5, 5.41) is 3.98. The zero-order valence-electron chi connectivity index (χ0n) is 18.6. The van der Waals surface area contributed by atoms with Crippen molar-refractivity contribution in [3.05, 3.63) is 76.9 Å². The SMILES string of the molecule is Cc1noc(C)c1CC(=O)N(Cc1cccc(OC[C@@H]2CCOC2)c1)Cc1ccccn1. The van der Waals surface area contributed by atoms with Crippen LogP contribution in [0.2, 0.25) is 0 Å². The number of rotatable bonds is 9. The second kappa shape index (κ2) is 10.4. The van der Waals surface area contributed by atoms with Crippen LogP contribution in [-0.2, 0) is 29.0 Å². The molecule has 1 fully saturated rings. The number of pyridine rings is 1. The van der Waals surface area contributed by atoms with Gasteiger partial charge < -0.3 is 18.9 Å². The van der Waals surface area contributed by atoms with E-state index in [1.165, 1.54) is 0 Å². The molecule has 0 unspecified atom stereocenters. The van der Waals surface area contributed by atoms with Crippen LogP contribution in [0.3, 0.4) is 0 Å². The molecule has 32 heavy (non-hydrogen) atoms. The molecule has 3 heterocycles. The molecule has 1 aliphatic rings. The minimum absolute atomic E-state index is 0.000483. The quantitative estimate of drug-likeness (QED) is 0.508. The average molecular weight is 436 g/mol. The Morgan fingerprint density at radius 1 is 1.19 bits per heavy atom. The van der Waals surface area contributed by atoms with Gasteiger partial charge >= 0.3 is 0 Å². The molecule has 0 N–H and O–H groups in total. The molecule has 3 aromatic rings. The van der Waals surface area contributed by atoms with Gasteiger partial charge in [0, 0.05) is 30.8 Å². The molecule has 0 radical (unpaired) electrons. The Hall–Kier alpha value is -3.19.